The summed E-state index contributed by atoms with van der Waals surface area (Å²) in [5, 5.41) is 0. The van der Waals surface area contributed by atoms with Crippen LogP contribution in [0.3, 0.4) is 0 Å². The molecule has 2 aliphatic rings. The summed E-state index contributed by atoms with van der Waals surface area (Å²) >= 11 is 0. The van der Waals surface area contributed by atoms with Crippen LogP contribution >= 0.6 is 0 Å². The predicted molar refractivity (Wildman–Crippen MR) is 171 cm³/mol. The van der Waals surface area contributed by atoms with Gasteiger partial charge in [-0.3, -0.25) is 4.79 Å². The van der Waals surface area contributed by atoms with Gasteiger partial charge in [0.15, 0.2) is 11.5 Å². The number of anilines is 1. The third-order valence-electron chi connectivity index (χ3n) is 8.53. The number of carbonyl (C=O) groups excluding carboxylic acids is 1. The molecule has 4 rings (SSSR count). The Morgan fingerprint density at radius 2 is 1.64 bits per heavy atom. The minimum Gasteiger partial charge on any atom is -0.748 e. The molecule has 2 aromatic carbocycles. The summed E-state index contributed by atoms with van der Waals surface area (Å²) in [4.78, 5) is 15.2. The van der Waals surface area contributed by atoms with E-state index < -0.39 is 15.5 Å². The number of hydrogen-bond donors (Lipinski definition) is 0. The smallest absolute Gasteiger partial charge is 0.209 e. The highest BCUT2D eigenvalue weighted by atomic mass is 32.2. The monoisotopic (exact) mass is 588 g/mol. The Morgan fingerprint density at radius 3 is 2.31 bits per heavy atom. The maximum atomic E-state index is 13.0. The van der Waals surface area contributed by atoms with Crippen molar-refractivity contribution in [1.82, 2.24) is 0 Å². The van der Waals surface area contributed by atoms with Crippen LogP contribution in [0.15, 0.2) is 78.5 Å². The summed E-state index contributed by atoms with van der Waals surface area (Å²) in [5.41, 5.74) is 6.73. The second kappa shape index (κ2) is 11.4. The van der Waals surface area contributed by atoms with E-state index in [0.717, 1.165) is 33.9 Å². The average Bonchev–Trinajstić information content (AvgIpc) is 3.23. The second-order valence-electron chi connectivity index (χ2n) is 13.4. The van der Waals surface area contributed by atoms with Crippen molar-refractivity contribution in [3.05, 3.63) is 95.2 Å². The number of carbonyl (C=O) groups is 1. The summed E-state index contributed by atoms with van der Waals surface area (Å²) in [6, 6.07) is 14.3. The van der Waals surface area contributed by atoms with Crippen LogP contribution in [0.1, 0.15) is 82.8 Å². The zero-order valence-corrected chi connectivity index (χ0v) is 27.0. The fourth-order valence-electron chi connectivity index (χ4n) is 6.20. The molecule has 0 spiro atoms. The molecule has 0 atom stereocenters. The van der Waals surface area contributed by atoms with E-state index in [1.165, 1.54) is 5.56 Å². The third kappa shape index (κ3) is 6.23. The molecule has 0 unspecified atom stereocenters. The lowest BCUT2D eigenvalue weighted by molar-refractivity contribution is -0.401. The molecule has 2 aromatic rings. The van der Waals surface area contributed by atoms with E-state index in [0.29, 0.717) is 19.4 Å². The topological polar surface area (TPSA) is 80.5 Å². The molecule has 2 aliphatic heterocycles. The molecular weight excluding hydrogens is 544 g/mol. The van der Waals surface area contributed by atoms with Crippen LogP contribution in [0.2, 0.25) is 0 Å². The maximum Gasteiger partial charge on any atom is 0.209 e. The van der Waals surface area contributed by atoms with Gasteiger partial charge in [0.1, 0.15) is 7.05 Å². The molecule has 0 radical (unpaired) electrons. The molecule has 0 N–H and O–H groups in total. The van der Waals surface area contributed by atoms with Gasteiger partial charge in [-0.15, -0.1) is 0 Å². The standard InChI is InChI=1S/C35H44N2O4S/c1-33(2,3)32(38)25-20-21-28-27(24-25)35(6,7)30(36(28)8)18-10-9-11-19-31-34(4,5)26-16-12-13-17-29(26)37(31)22-14-15-23-42(39,40)41/h9-13,16-21,24H,14-15,22-23H2,1-8H3. The molecule has 6 nitrogen and oxygen atoms in total. The first kappa shape index (κ1) is 31.6. The Morgan fingerprint density at radius 1 is 0.952 bits per heavy atom. The second-order valence-corrected chi connectivity index (χ2v) is 15.0. The van der Waals surface area contributed by atoms with Gasteiger partial charge in [-0.05, 0) is 56.5 Å². The average molecular weight is 589 g/mol. The van der Waals surface area contributed by atoms with Crippen molar-refractivity contribution >= 4 is 33.0 Å². The number of allylic oxidation sites excluding steroid dienone is 6. The fourth-order valence-corrected chi connectivity index (χ4v) is 6.76. The summed E-state index contributed by atoms with van der Waals surface area (Å²) < 4.78 is 35.4. The first-order chi connectivity index (χ1) is 19.5. The van der Waals surface area contributed by atoms with Crippen LogP contribution in [0.5, 0.6) is 0 Å². The van der Waals surface area contributed by atoms with Crippen LogP contribution in [0.25, 0.3) is 0 Å². The lowest BCUT2D eigenvalue weighted by Gasteiger charge is -2.27. The Bertz CT molecular complexity index is 1620. The number of nitrogens with zero attached hydrogens (tertiary/aromatic N) is 2. The number of benzene rings is 2. The fraction of sp³-hybridized carbons (Fsp3) is 0.429. The third-order valence-corrected chi connectivity index (χ3v) is 9.32. The van der Waals surface area contributed by atoms with Gasteiger partial charge < -0.3 is 9.45 Å². The van der Waals surface area contributed by atoms with Crippen molar-refractivity contribution in [2.75, 3.05) is 24.2 Å². The Hall–Kier alpha value is -3.29. The van der Waals surface area contributed by atoms with Gasteiger partial charge in [-0.2, -0.15) is 4.58 Å². The Labute approximate surface area is 251 Å². The van der Waals surface area contributed by atoms with E-state index in [2.05, 4.69) is 86.7 Å². The first-order valence-corrected chi connectivity index (χ1v) is 16.2. The van der Waals surface area contributed by atoms with Crippen LogP contribution in [-0.2, 0) is 20.9 Å². The van der Waals surface area contributed by atoms with Gasteiger partial charge in [0.05, 0.1) is 15.5 Å². The molecule has 224 valence electrons. The zero-order valence-electron chi connectivity index (χ0n) is 26.2. The Kier molecular flexibility index (Phi) is 8.60. The summed E-state index contributed by atoms with van der Waals surface area (Å²) in [5.74, 6) is -0.192. The molecule has 0 bridgehead atoms. The normalized spacial score (nSPS) is 18.9. The van der Waals surface area contributed by atoms with Crippen LogP contribution in [0.4, 0.5) is 11.4 Å². The van der Waals surface area contributed by atoms with Crippen molar-refractivity contribution in [3.63, 3.8) is 0 Å². The molecule has 0 amide bonds. The van der Waals surface area contributed by atoms with Crippen molar-refractivity contribution in [2.45, 2.75) is 72.1 Å². The van der Waals surface area contributed by atoms with Gasteiger partial charge in [0.2, 0.25) is 5.69 Å². The van der Waals surface area contributed by atoms with E-state index >= 15 is 0 Å². The number of rotatable bonds is 9. The number of unbranched alkanes of at least 4 members (excludes halogenated alkanes) is 1. The van der Waals surface area contributed by atoms with E-state index in [1.807, 2.05) is 51.1 Å². The molecule has 0 aliphatic carbocycles. The maximum absolute atomic E-state index is 13.0. The number of fused-ring (bicyclic) bond motifs is 2. The molecule has 42 heavy (non-hydrogen) atoms. The number of Topliss-reactive ketones (excluding diaryl/α,β-unsaturated/α-hetero) is 1. The molecule has 0 saturated carbocycles. The zero-order chi connectivity index (χ0) is 31.1. The van der Waals surface area contributed by atoms with E-state index in [1.54, 1.807) is 0 Å². The lowest BCUT2D eigenvalue weighted by atomic mass is 9.79. The summed E-state index contributed by atoms with van der Waals surface area (Å²) in [6.07, 6.45) is 11.3. The van der Waals surface area contributed by atoms with Crippen molar-refractivity contribution in [3.8, 4) is 0 Å². The van der Waals surface area contributed by atoms with Crippen LogP contribution in [0, 0.1) is 5.41 Å². The van der Waals surface area contributed by atoms with Crippen molar-refractivity contribution in [2.24, 2.45) is 5.41 Å². The molecule has 2 heterocycles. The quantitative estimate of drug-likeness (QED) is 0.103. The van der Waals surface area contributed by atoms with Gasteiger partial charge in [0, 0.05) is 57.8 Å². The van der Waals surface area contributed by atoms with Gasteiger partial charge >= 0.3 is 0 Å². The molecular formula is C35H44N2O4S. The number of ketones is 1. The molecule has 0 saturated heterocycles. The largest absolute Gasteiger partial charge is 0.748 e. The van der Waals surface area contributed by atoms with E-state index in [9.17, 15) is 17.8 Å². The minimum atomic E-state index is -4.21. The molecule has 7 heteroatoms. The van der Waals surface area contributed by atoms with Gasteiger partial charge in [0.25, 0.3) is 0 Å². The number of para-hydroxylation sites is 1. The predicted octanol–water partition coefficient (Wildman–Crippen LogP) is 7.04. The summed E-state index contributed by atoms with van der Waals surface area (Å²) in [7, 11) is -2.14. The molecule has 0 aromatic heterocycles. The first-order valence-electron chi connectivity index (χ1n) is 14.6. The van der Waals surface area contributed by atoms with Crippen LogP contribution < -0.4 is 4.90 Å². The van der Waals surface area contributed by atoms with Gasteiger partial charge in [-0.1, -0.05) is 71.0 Å². The van der Waals surface area contributed by atoms with Crippen molar-refractivity contribution in [1.29, 1.82) is 0 Å². The van der Waals surface area contributed by atoms with Crippen molar-refractivity contribution < 1.29 is 22.3 Å². The highest BCUT2D eigenvalue weighted by molar-refractivity contribution is 7.85. The highest BCUT2D eigenvalue weighted by Crippen LogP contribution is 2.47. The van der Waals surface area contributed by atoms with E-state index in [4.69, 9.17) is 0 Å². The van der Waals surface area contributed by atoms with E-state index in [-0.39, 0.29) is 22.4 Å². The Balaban J connectivity index is 1.55. The minimum absolute atomic E-state index is 0.144. The highest BCUT2D eigenvalue weighted by Gasteiger charge is 2.43. The van der Waals surface area contributed by atoms with Gasteiger partial charge in [-0.25, -0.2) is 8.42 Å². The summed E-state index contributed by atoms with van der Waals surface area (Å²) in [6.45, 7) is 15.3. The SMILES string of the molecule is C[N+]1=C(/C=C/C=C/C=C2\N(CCCCS(=O)(=O)[O-])c3ccccc3C2(C)C)C(C)(C)c2cc(C(=O)C(C)(C)C)ccc21. The molecule has 0 fully saturated rings. The lowest BCUT2D eigenvalue weighted by Crippen LogP contribution is -2.27. The number of hydrogen-bond acceptors (Lipinski definition) is 5. The van der Waals surface area contributed by atoms with Crippen LogP contribution in [-0.4, -0.2) is 48.4 Å².